The maximum Gasteiger partial charge on any atom is 0.257 e. The molecule has 23 heavy (non-hydrogen) atoms. The standard InChI is InChI=1S/C21H32N2/c1-3-4-5-6-8-12-19(2)21-22-16-18-23(21)17-11-15-20-13-9-7-10-14-20/h7,9-10,13-14,16,18-19H,3-6,8,11-12,15,17H2,1-2H3/p+1/t19-/m0/s1. The summed E-state index contributed by atoms with van der Waals surface area (Å²) in [6.45, 7) is 5.74. The highest BCUT2D eigenvalue weighted by Crippen LogP contribution is 2.18. The number of aromatic amines is 1. The zero-order valence-corrected chi connectivity index (χ0v) is 14.9. The molecule has 0 unspecified atom stereocenters. The summed E-state index contributed by atoms with van der Waals surface area (Å²) < 4.78 is 2.42. The van der Waals surface area contributed by atoms with Gasteiger partial charge in [-0.25, -0.2) is 9.55 Å². The van der Waals surface area contributed by atoms with E-state index in [1.165, 1.54) is 56.3 Å². The van der Waals surface area contributed by atoms with Crippen molar-refractivity contribution >= 4 is 0 Å². The van der Waals surface area contributed by atoms with E-state index in [0.29, 0.717) is 5.92 Å². The number of aromatic nitrogens is 2. The summed E-state index contributed by atoms with van der Waals surface area (Å²) in [5, 5.41) is 0. The van der Waals surface area contributed by atoms with Crippen LogP contribution in [0.3, 0.4) is 0 Å². The molecule has 2 nitrogen and oxygen atoms in total. The normalized spacial score (nSPS) is 12.4. The Balaban J connectivity index is 1.74. The zero-order valence-electron chi connectivity index (χ0n) is 14.9. The third-order valence-electron chi connectivity index (χ3n) is 4.71. The Bertz CT molecular complexity index is 530. The van der Waals surface area contributed by atoms with Crippen LogP contribution in [0.2, 0.25) is 0 Å². The van der Waals surface area contributed by atoms with Crippen LogP contribution >= 0.6 is 0 Å². The largest absolute Gasteiger partial charge is 0.257 e. The van der Waals surface area contributed by atoms with E-state index in [9.17, 15) is 0 Å². The van der Waals surface area contributed by atoms with E-state index in [1.807, 2.05) is 0 Å². The minimum Gasteiger partial charge on any atom is -0.247 e. The summed E-state index contributed by atoms with van der Waals surface area (Å²) in [5.74, 6) is 2.02. The lowest BCUT2D eigenvalue weighted by atomic mass is 10.0. The van der Waals surface area contributed by atoms with Gasteiger partial charge in [0.05, 0.1) is 12.5 Å². The predicted molar refractivity (Wildman–Crippen MR) is 97.5 cm³/mol. The van der Waals surface area contributed by atoms with E-state index >= 15 is 0 Å². The number of rotatable bonds is 11. The molecule has 1 atom stereocenters. The second-order valence-electron chi connectivity index (χ2n) is 6.73. The van der Waals surface area contributed by atoms with Crippen LogP contribution in [0.15, 0.2) is 42.7 Å². The SMILES string of the molecule is CCCCCCC[C@H](C)c1[nH]cc[n+]1CCCc1ccccc1. The van der Waals surface area contributed by atoms with Gasteiger partial charge in [0.25, 0.3) is 5.82 Å². The monoisotopic (exact) mass is 313 g/mol. The van der Waals surface area contributed by atoms with Crippen molar-refractivity contribution in [2.75, 3.05) is 0 Å². The highest BCUT2D eigenvalue weighted by molar-refractivity contribution is 5.14. The molecule has 0 fully saturated rings. The molecule has 0 bridgehead atoms. The molecule has 126 valence electrons. The highest BCUT2D eigenvalue weighted by Gasteiger charge is 2.17. The van der Waals surface area contributed by atoms with Crippen molar-refractivity contribution in [1.82, 2.24) is 4.98 Å². The topological polar surface area (TPSA) is 19.7 Å². The number of H-pyrrole nitrogens is 1. The molecular formula is C21H33N2+. The molecule has 1 N–H and O–H groups in total. The van der Waals surface area contributed by atoms with E-state index < -0.39 is 0 Å². The van der Waals surface area contributed by atoms with Gasteiger partial charge < -0.3 is 0 Å². The molecule has 0 aliphatic heterocycles. The third kappa shape index (κ3) is 6.21. The van der Waals surface area contributed by atoms with Crippen molar-refractivity contribution in [1.29, 1.82) is 0 Å². The van der Waals surface area contributed by atoms with Gasteiger partial charge in [0.1, 0.15) is 12.4 Å². The fourth-order valence-electron chi connectivity index (χ4n) is 3.29. The lowest BCUT2D eigenvalue weighted by Gasteiger charge is -2.09. The van der Waals surface area contributed by atoms with Crippen molar-refractivity contribution in [2.24, 2.45) is 0 Å². The first-order valence-electron chi connectivity index (χ1n) is 9.42. The van der Waals surface area contributed by atoms with Crippen molar-refractivity contribution < 1.29 is 4.57 Å². The number of nitrogens with zero attached hydrogens (tertiary/aromatic N) is 1. The summed E-state index contributed by atoms with van der Waals surface area (Å²) in [6.07, 6.45) is 14.8. The minimum atomic E-state index is 0.628. The lowest BCUT2D eigenvalue weighted by Crippen LogP contribution is -2.37. The first kappa shape index (κ1) is 17.8. The zero-order chi connectivity index (χ0) is 16.3. The van der Waals surface area contributed by atoms with Crippen molar-refractivity contribution in [3.05, 3.63) is 54.1 Å². The van der Waals surface area contributed by atoms with Crippen molar-refractivity contribution in [3.8, 4) is 0 Å². The highest BCUT2D eigenvalue weighted by atomic mass is 15.1. The van der Waals surface area contributed by atoms with Gasteiger partial charge in [-0.05, 0) is 24.8 Å². The van der Waals surface area contributed by atoms with Gasteiger partial charge in [0.15, 0.2) is 0 Å². The quantitative estimate of drug-likeness (QED) is 0.423. The van der Waals surface area contributed by atoms with Gasteiger partial charge in [-0.2, -0.15) is 0 Å². The molecule has 0 saturated carbocycles. The second kappa shape index (κ2) is 10.3. The molecule has 0 amide bonds. The van der Waals surface area contributed by atoms with E-state index in [-0.39, 0.29) is 0 Å². The minimum absolute atomic E-state index is 0.628. The Morgan fingerprint density at radius 3 is 2.57 bits per heavy atom. The maximum absolute atomic E-state index is 3.47. The van der Waals surface area contributed by atoms with Gasteiger partial charge in [-0.3, -0.25) is 0 Å². The van der Waals surface area contributed by atoms with E-state index in [0.717, 1.165) is 13.0 Å². The molecule has 0 spiro atoms. The summed E-state index contributed by atoms with van der Waals surface area (Å²) >= 11 is 0. The maximum atomic E-state index is 3.47. The van der Waals surface area contributed by atoms with Gasteiger partial charge in [0, 0.05) is 0 Å². The Morgan fingerprint density at radius 1 is 1.00 bits per heavy atom. The van der Waals surface area contributed by atoms with Crippen LogP contribution in [0.1, 0.15) is 76.1 Å². The summed E-state index contributed by atoms with van der Waals surface area (Å²) in [7, 11) is 0. The molecule has 0 aliphatic rings. The Kier molecular flexibility index (Phi) is 7.92. The van der Waals surface area contributed by atoms with Crippen LogP contribution in [0, 0.1) is 0 Å². The van der Waals surface area contributed by atoms with Crippen LogP contribution < -0.4 is 4.57 Å². The van der Waals surface area contributed by atoms with Gasteiger partial charge in [0.2, 0.25) is 0 Å². The fraction of sp³-hybridized carbons (Fsp3) is 0.571. The average molecular weight is 314 g/mol. The van der Waals surface area contributed by atoms with Gasteiger partial charge in [-0.15, -0.1) is 0 Å². The van der Waals surface area contributed by atoms with E-state index in [1.54, 1.807) is 0 Å². The number of aryl methyl sites for hydroxylation is 2. The number of nitrogens with one attached hydrogen (secondary N) is 1. The molecule has 1 aromatic carbocycles. The molecule has 2 aromatic rings. The molecule has 2 rings (SSSR count). The van der Waals surface area contributed by atoms with Crippen LogP contribution in [-0.2, 0) is 13.0 Å². The van der Waals surface area contributed by atoms with Gasteiger partial charge >= 0.3 is 0 Å². The predicted octanol–water partition coefficient (Wildman–Crippen LogP) is 5.40. The fourth-order valence-corrected chi connectivity index (χ4v) is 3.29. The number of hydrogen-bond acceptors (Lipinski definition) is 0. The Labute approximate surface area is 142 Å². The first-order chi connectivity index (χ1) is 11.3. The van der Waals surface area contributed by atoms with Crippen LogP contribution in [-0.4, -0.2) is 4.98 Å². The smallest absolute Gasteiger partial charge is 0.247 e. The second-order valence-corrected chi connectivity index (χ2v) is 6.73. The number of unbranched alkanes of at least 4 members (excludes halogenated alkanes) is 4. The first-order valence-corrected chi connectivity index (χ1v) is 9.42. The summed E-state index contributed by atoms with van der Waals surface area (Å²) in [6, 6.07) is 10.8. The van der Waals surface area contributed by atoms with E-state index in [2.05, 4.69) is 66.1 Å². The summed E-state index contributed by atoms with van der Waals surface area (Å²) in [4.78, 5) is 3.47. The molecule has 0 saturated heterocycles. The molecule has 1 aromatic heterocycles. The van der Waals surface area contributed by atoms with Crippen LogP contribution in [0.5, 0.6) is 0 Å². The Morgan fingerprint density at radius 2 is 1.78 bits per heavy atom. The average Bonchev–Trinajstić information content (AvgIpc) is 3.04. The van der Waals surface area contributed by atoms with Gasteiger partial charge in [-0.1, -0.05) is 76.3 Å². The number of imidazole rings is 1. The van der Waals surface area contributed by atoms with Crippen LogP contribution in [0.25, 0.3) is 0 Å². The van der Waals surface area contributed by atoms with Crippen molar-refractivity contribution in [3.63, 3.8) is 0 Å². The molecule has 0 aliphatic carbocycles. The van der Waals surface area contributed by atoms with E-state index in [4.69, 9.17) is 0 Å². The van der Waals surface area contributed by atoms with Crippen molar-refractivity contribution in [2.45, 2.75) is 77.7 Å². The molecule has 2 heteroatoms. The molecular weight excluding hydrogens is 280 g/mol. The summed E-state index contributed by atoms with van der Waals surface area (Å²) in [5.41, 5.74) is 1.44. The molecule has 1 heterocycles. The van der Waals surface area contributed by atoms with Crippen LogP contribution in [0.4, 0.5) is 0 Å². The lowest BCUT2D eigenvalue weighted by molar-refractivity contribution is -0.704. The number of hydrogen-bond donors (Lipinski definition) is 1. The Hall–Kier alpha value is -1.57. The number of benzene rings is 1. The third-order valence-corrected chi connectivity index (χ3v) is 4.71. The molecule has 0 radical (unpaired) electrons.